The van der Waals surface area contributed by atoms with Crippen molar-refractivity contribution in [1.82, 2.24) is 4.90 Å². The van der Waals surface area contributed by atoms with Crippen LogP contribution in [0.2, 0.25) is 0 Å². The fourth-order valence-electron chi connectivity index (χ4n) is 3.22. The minimum Gasteiger partial charge on any atom is -0.462 e. The molecule has 2 aliphatic rings. The molecule has 96 valence electrons. The molecule has 2 atom stereocenters. The Hall–Kier alpha value is -1.35. The van der Waals surface area contributed by atoms with E-state index in [1.54, 1.807) is 12.1 Å². The molecular formula is C15H19NO2. The Morgan fingerprint density at radius 1 is 1.22 bits per heavy atom. The number of carbonyl (C=O) groups excluding carboxylic acids is 1. The zero-order valence-corrected chi connectivity index (χ0v) is 10.5. The van der Waals surface area contributed by atoms with Gasteiger partial charge in [-0.25, -0.2) is 4.79 Å². The molecule has 0 spiro atoms. The van der Waals surface area contributed by atoms with E-state index in [-0.39, 0.29) is 5.97 Å². The van der Waals surface area contributed by atoms with E-state index in [2.05, 4.69) is 4.90 Å². The van der Waals surface area contributed by atoms with Gasteiger partial charge in [0.2, 0.25) is 0 Å². The Balaban J connectivity index is 1.54. The fraction of sp³-hybridized carbons (Fsp3) is 0.533. The average Bonchev–Trinajstić information content (AvgIpc) is 3.00. The number of benzene rings is 1. The highest BCUT2D eigenvalue weighted by Crippen LogP contribution is 2.32. The third-order valence-electron chi connectivity index (χ3n) is 4.18. The highest BCUT2D eigenvalue weighted by Gasteiger charge is 2.37. The van der Waals surface area contributed by atoms with Crippen molar-refractivity contribution in [2.75, 3.05) is 19.7 Å². The molecule has 2 saturated heterocycles. The van der Waals surface area contributed by atoms with Crippen molar-refractivity contribution >= 4 is 5.97 Å². The second-order valence-corrected chi connectivity index (χ2v) is 5.26. The first-order valence-corrected chi connectivity index (χ1v) is 6.81. The number of rotatable bonds is 3. The first-order chi connectivity index (χ1) is 8.84. The SMILES string of the molecule is O=C(OC[C@@H]1CCN2CCC[C@@H]12)c1ccccc1. The molecule has 0 radical (unpaired) electrons. The maximum Gasteiger partial charge on any atom is 0.338 e. The van der Waals surface area contributed by atoms with Crippen LogP contribution < -0.4 is 0 Å². The smallest absolute Gasteiger partial charge is 0.338 e. The molecule has 3 heteroatoms. The van der Waals surface area contributed by atoms with E-state index in [1.807, 2.05) is 18.2 Å². The molecule has 2 aliphatic heterocycles. The van der Waals surface area contributed by atoms with Gasteiger partial charge in [0.1, 0.15) is 0 Å². The second kappa shape index (κ2) is 5.11. The van der Waals surface area contributed by atoms with Crippen LogP contribution in [0.25, 0.3) is 0 Å². The number of ether oxygens (including phenoxy) is 1. The topological polar surface area (TPSA) is 29.5 Å². The fourth-order valence-corrected chi connectivity index (χ4v) is 3.22. The summed E-state index contributed by atoms with van der Waals surface area (Å²) in [7, 11) is 0. The van der Waals surface area contributed by atoms with Crippen LogP contribution in [0.1, 0.15) is 29.6 Å². The van der Waals surface area contributed by atoms with Crippen molar-refractivity contribution in [2.45, 2.75) is 25.3 Å². The predicted molar refractivity (Wildman–Crippen MR) is 69.4 cm³/mol. The van der Waals surface area contributed by atoms with Gasteiger partial charge in [-0.15, -0.1) is 0 Å². The van der Waals surface area contributed by atoms with E-state index < -0.39 is 0 Å². The largest absolute Gasteiger partial charge is 0.462 e. The Morgan fingerprint density at radius 3 is 2.89 bits per heavy atom. The van der Waals surface area contributed by atoms with Crippen LogP contribution in [0.3, 0.4) is 0 Å². The third-order valence-corrected chi connectivity index (χ3v) is 4.18. The normalized spacial score (nSPS) is 27.1. The first kappa shape index (κ1) is 11.7. The molecule has 0 bridgehead atoms. The molecule has 0 unspecified atom stereocenters. The highest BCUT2D eigenvalue weighted by atomic mass is 16.5. The van der Waals surface area contributed by atoms with Crippen LogP contribution in [-0.4, -0.2) is 36.6 Å². The number of esters is 1. The maximum absolute atomic E-state index is 11.9. The summed E-state index contributed by atoms with van der Waals surface area (Å²) in [6.45, 7) is 2.99. The number of hydrogen-bond acceptors (Lipinski definition) is 3. The van der Waals surface area contributed by atoms with Gasteiger partial charge in [0.25, 0.3) is 0 Å². The lowest BCUT2D eigenvalue weighted by Crippen LogP contribution is -2.28. The zero-order chi connectivity index (χ0) is 12.4. The van der Waals surface area contributed by atoms with Gasteiger partial charge >= 0.3 is 5.97 Å². The summed E-state index contributed by atoms with van der Waals surface area (Å²) in [5.41, 5.74) is 0.652. The molecule has 0 aromatic heterocycles. The minimum atomic E-state index is -0.188. The van der Waals surface area contributed by atoms with E-state index in [4.69, 9.17) is 4.74 Å². The molecule has 2 fully saturated rings. The summed E-state index contributed by atoms with van der Waals surface area (Å²) in [5.74, 6) is 0.354. The van der Waals surface area contributed by atoms with Gasteiger partial charge in [0.15, 0.2) is 0 Å². The van der Waals surface area contributed by atoms with E-state index in [1.165, 1.54) is 32.4 Å². The monoisotopic (exact) mass is 245 g/mol. The van der Waals surface area contributed by atoms with Crippen LogP contribution in [0.4, 0.5) is 0 Å². The Morgan fingerprint density at radius 2 is 2.06 bits per heavy atom. The number of carbonyl (C=O) groups is 1. The Bertz CT molecular complexity index is 418. The molecule has 1 aromatic rings. The highest BCUT2D eigenvalue weighted by molar-refractivity contribution is 5.89. The van der Waals surface area contributed by atoms with Crippen LogP contribution in [-0.2, 0) is 4.74 Å². The van der Waals surface area contributed by atoms with Crippen LogP contribution >= 0.6 is 0 Å². The standard InChI is InChI=1S/C15H19NO2/c17-15(12-5-2-1-3-6-12)18-11-13-8-10-16-9-4-7-14(13)16/h1-3,5-6,13-14H,4,7-11H2/t13-,14-/m0/s1. The van der Waals surface area contributed by atoms with E-state index >= 15 is 0 Å². The maximum atomic E-state index is 11.9. The van der Waals surface area contributed by atoms with E-state index in [0.29, 0.717) is 24.1 Å². The van der Waals surface area contributed by atoms with Gasteiger partial charge in [-0.1, -0.05) is 18.2 Å². The minimum absolute atomic E-state index is 0.188. The lowest BCUT2D eigenvalue weighted by atomic mass is 9.99. The molecule has 0 saturated carbocycles. The lowest BCUT2D eigenvalue weighted by Gasteiger charge is -2.19. The van der Waals surface area contributed by atoms with Crippen molar-refractivity contribution < 1.29 is 9.53 Å². The van der Waals surface area contributed by atoms with E-state index in [9.17, 15) is 4.79 Å². The van der Waals surface area contributed by atoms with Gasteiger partial charge in [-0.3, -0.25) is 4.90 Å². The van der Waals surface area contributed by atoms with Crippen molar-refractivity contribution in [1.29, 1.82) is 0 Å². The Kier molecular flexibility index (Phi) is 3.33. The van der Waals surface area contributed by atoms with Crippen molar-refractivity contribution in [3.8, 4) is 0 Å². The van der Waals surface area contributed by atoms with Crippen molar-refractivity contribution in [2.24, 2.45) is 5.92 Å². The summed E-state index contributed by atoms with van der Waals surface area (Å²) < 4.78 is 5.45. The number of hydrogen-bond donors (Lipinski definition) is 0. The Labute approximate surface area is 108 Å². The van der Waals surface area contributed by atoms with Gasteiger partial charge in [0.05, 0.1) is 12.2 Å². The molecular weight excluding hydrogens is 226 g/mol. The van der Waals surface area contributed by atoms with Crippen molar-refractivity contribution in [3.63, 3.8) is 0 Å². The van der Waals surface area contributed by atoms with Gasteiger partial charge in [-0.05, 0) is 44.5 Å². The average molecular weight is 245 g/mol. The summed E-state index contributed by atoms with van der Waals surface area (Å²) in [6.07, 6.45) is 3.74. The van der Waals surface area contributed by atoms with Crippen LogP contribution in [0.5, 0.6) is 0 Å². The second-order valence-electron chi connectivity index (χ2n) is 5.26. The predicted octanol–water partition coefficient (Wildman–Crippen LogP) is 2.33. The summed E-state index contributed by atoms with van der Waals surface area (Å²) >= 11 is 0. The lowest BCUT2D eigenvalue weighted by molar-refractivity contribution is 0.0418. The molecule has 3 nitrogen and oxygen atoms in total. The zero-order valence-electron chi connectivity index (χ0n) is 10.5. The number of nitrogens with zero attached hydrogens (tertiary/aromatic N) is 1. The number of fused-ring (bicyclic) bond motifs is 1. The molecule has 0 amide bonds. The van der Waals surface area contributed by atoms with Gasteiger partial charge < -0.3 is 4.74 Å². The van der Waals surface area contributed by atoms with Crippen molar-refractivity contribution in [3.05, 3.63) is 35.9 Å². The summed E-state index contributed by atoms with van der Waals surface area (Å²) in [4.78, 5) is 14.4. The molecule has 18 heavy (non-hydrogen) atoms. The summed E-state index contributed by atoms with van der Waals surface area (Å²) in [6, 6.07) is 9.91. The molecule has 1 aromatic carbocycles. The van der Waals surface area contributed by atoms with Gasteiger partial charge in [-0.2, -0.15) is 0 Å². The summed E-state index contributed by atoms with van der Waals surface area (Å²) in [5, 5.41) is 0. The third kappa shape index (κ3) is 2.27. The van der Waals surface area contributed by atoms with Gasteiger partial charge in [0, 0.05) is 12.0 Å². The first-order valence-electron chi connectivity index (χ1n) is 6.81. The molecule has 0 aliphatic carbocycles. The van der Waals surface area contributed by atoms with Crippen LogP contribution in [0, 0.1) is 5.92 Å². The quantitative estimate of drug-likeness (QED) is 0.765. The molecule has 3 rings (SSSR count). The van der Waals surface area contributed by atoms with Crippen LogP contribution in [0.15, 0.2) is 30.3 Å². The van der Waals surface area contributed by atoms with E-state index in [0.717, 1.165) is 0 Å². The molecule has 2 heterocycles. The molecule has 0 N–H and O–H groups in total.